The summed E-state index contributed by atoms with van der Waals surface area (Å²) in [4.78, 5) is 13.7. The average Bonchev–Trinajstić information content (AvgIpc) is 2.90. The lowest BCUT2D eigenvalue weighted by atomic mass is 10.2. The topological polar surface area (TPSA) is 56.0 Å². The van der Waals surface area contributed by atoms with Crippen LogP contribution in [0.1, 0.15) is 11.3 Å². The summed E-state index contributed by atoms with van der Waals surface area (Å²) in [6.45, 7) is 2.70. The molecule has 0 spiro atoms. The van der Waals surface area contributed by atoms with Crippen molar-refractivity contribution in [2.45, 2.75) is 20.0 Å². The average molecular weight is 282 g/mol. The van der Waals surface area contributed by atoms with Crippen LogP contribution in [-0.2, 0) is 24.9 Å². The van der Waals surface area contributed by atoms with E-state index < -0.39 is 0 Å². The fraction of sp³-hybridized carbons (Fsp3) is 0.417. The summed E-state index contributed by atoms with van der Waals surface area (Å²) >= 11 is 5.76. The Labute approximate surface area is 116 Å². The first-order valence-corrected chi connectivity index (χ1v) is 6.24. The zero-order valence-corrected chi connectivity index (χ0v) is 11.9. The van der Waals surface area contributed by atoms with E-state index in [2.05, 4.69) is 10.2 Å². The molecule has 0 radical (unpaired) electrons. The molecule has 0 unspecified atom stereocenters. The molecule has 0 bridgehead atoms. The zero-order chi connectivity index (χ0) is 14.0. The van der Waals surface area contributed by atoms with E-state index in [1.165, 1.54) is 10.9 Å². The van der Waals surface area contributed by atoms with Crippen LogP contribution in [0.25, 0.3) is 0 Å². The van der Waals surface area contributed by atoms with Crippen molar-refractivity contribution < 1.29 is 4.79 Å². The first-order chi connectivity index (χ1) is 8.97. The lowest BCUT2D eigenvalue weighted by Crippen LogP contribution is -2.30. The molecule has 0 aliphatic heterocycles. The van der Waals surface area contributed by atoms with E-state index in [1.54, 1.807) is 29.0 Å². The molecule has 1 amide bonds. The van der Waals surface area contributed by atoms with Gasteiger partial charge in [0.25, 0.3) is 0 Å². The Balaban J connectivity index is 1.98. The van der Waals surface area contributed by atoms with E-state index in [0.717, 1.165) is 11.3 Å². The predicted octanol–water partition coefficient (Wildman–Crippen LogP) is 1.24. The number of likely N-dealkylation sites (N-methyl/N-ethyl adjacent to an activating group) is 1. The summed E-state index contributed by atoms with van der Waals surface area (Å²) in [6.07, 6.45) is 4.92. The molecular formula is C12H16ClN5O. The van der Waals surface area contributed by atoms with Crippen molar-refractivity contribution >= 4 is 17.5 Å². The summed E-state index contributed by atoms with van der Waals surface area (Å²) in [7, 11) is 3.65. The second-order valence-corrected chi connectivity index (χ2v) is 4.92. The Kier molecular flexibility index (Phi) is 3.90. The molecule has 2 rings (SSSR count). The van der Waals surface area contributed by atoms with Crippen LogP contribution < -0.4 is 0 Å². The highest BCUT2D eigenvalue weighted by Crippen LogP contribution is 2.09. The SMILES string of the molecule is Cc1c(CN(C)C(=O)Cn2cc(Cl)cn2)cnn1C. The minimum Gasteiger partial charge on any atom is -0.340 e. The van der Waals surface area contributed by atoms with Gasteiger partial charge in [-0.15, -0.1) is 0 Å². The van der Waals surface area contributed by atoms with Gasteiger partial charge < -0.3 is 4.90 Å². The Hall–Kier alpha value is -1.82. The standard InChI is InChI=1S/C12H16ClN5O/c1-9-10(4-14-17(9)3)6-16(2)12(19)8-18-7-11(13)5-15-18/h4-5,7H,6,8H2,1-3H3. The minimum atomic E-state index is -0.0250. The second-order valence-electron chi connectivity index (χ2n) is 4.48. The maximum Gasteiger partial charge on any atom is 0.244 e. The fourth-order valence-electron chi connectivity index (χ4n) is 1.73. The normalized spacial score (nSPS) is 10.7. The molecule has 6 nitrogen and oxygen atoms in total. The molecule has 0 aliphatic rings. The molecular weight excluding hydrogens is 266 g/mol. The Morgan fingerprint density at radius 2 is 2.16 bits per heavy atom. The van der Waals surface area contributed by atoms with Gasteiger partial charge in [0.15, 0.2) is 0 Å². The number of rotatable bonds is 4. The van der Waals surface area contributed by atoms with Crippen molar-refractivity contribution in [1.29, 1.82) is 0 Å². The predicted molar refractivity (Wildman–Crippen MR) is 71.7 cm³/mol. The first-order valence-electron chi connectivity index (χ1n) is 5.86. The summed E-state index contributed by atoms with van der Waals surface area (Å²) < 4.78 is 3.32. The van der Waals surface area contributed by atoms with E-state index in [0.29, 0.717) is 11.6 Å². The highest BCUT2D eigenvalue weighted by molar-refractivity contribution is 6.30. The third kappa shape index (κ3) is 3.14. The van der Waals surface area contributed by atoms with Crippen molar-refractivity contribution in [2.24, 2.45) is 7.05 Å². The van der Waals surface area contributed by atoms with Crippen LogP contribution in [0.15, 0.2) is 18.6 Å². The molecule has 102 valence electrons. The quantitative estimate of drug-likeness (QED) is 0.847. The zero-order valence-electron chi connectivity index (χ0n) is 11.2. The molecule has 2 heterocycles. The van der Waals surface area contributed by atoms with Crippen LogP contribution in [-0.4, -0.2) is 37.4 Å². The van der Waals surface area contributed by atoms with Gasteiger partial charge in [0.05, 0.1) is 17.4 Å². The van der Waals surface area contributed by atoms with E-state index >= 15 is 0 Å². The number of halogens is 1. The molecule has 0 N–H and O–H groups in total. The summed E-state index contributed by atoms with van der Waals surface area (Å²) in [5.41, 5.74) is 2.10. The van der Waals surface area contributed by atoms with Crippen molar-refractivity contribution in [2.75, 3.05) is 7.05 Å². The van der Waals surface area contributed by atoms with Gasteiger partial charge in [0.1, 0.15) is 6.54 Å². The molecule has 0 saturated heterocycles. The molecule has 7 heteroatoms. The summed E-state index contributed by atoms with van der Waals surface area (Å²) in [6, 6.07) is 0. The Morgan fingerprint density at radius 1 is 1.42 bits per heavy atom. The number of amides is 1. The summed E-state index contributed by atoms with van der Waals surface area (Å²) in [5.74, 6) is -0.0250. The van der Waals surface area contributed by atoms with Crippen LogP contribution in [0.5, 0.6) is 0 Å². The maximum atomic E-state index is 12.0. The molecule has 0 saturated carbocycles. The third-order valence-electron chi connectivity index (χ3n) is 3.07. The maximum absolute atomic E-state index is 12.0. The molecule has 19 heavy (non-hydrogen) atoms. The number of carbonyl (C=O) groups is 1. The lowest BCUT2D eigenvalue weighted by Gasteiger charge is -2.16. The van der Waals surface area contributed by atoms with Gasteiger partial charge in [-0.1, -0.05) is 11.6 Å². The van der Waals surface area contributed by atoms with Crippen molar-refractivity contribution in [3.8, 4) is 0 Å². The van der Waals surface area contributed by atoms with Gasteiger partial charge in [0.2, 0.25) is 5.91 Å². The number of carbonyl (C=O) groups excluding carboxylic acids is 1. The minimum absolute atomic E-state index is 0.0250. The van der Waals surface area contributed by atoms with Gasteiger partial charge in [-0.2, -0.15) is 10.2 Å². The molecule has 0 fully saturated rings. The molecule has 0 atom stereocenters. The lowest BCUT2D eigenvalue weighted by molar-refractivity contribution is -0.131. The van der Waals surface area contributed by atoms with E-state index in [4.69, 9.17) is 11.6 Å². The number of nitrogens with zero attached hydrogens (tertiary/aromatic N) is 5. The van der Waals surface area contributed by atoms with Crippen LogP contribution in [0.4, 0.5) is 0 Å². The number of hydrogen-bond donors (Lipinski definition) is 0. The van der Waals surface area contributed by atoms with Crippen molar-refractivity contribution in [3.05, 3.63) is 34.9 Å². The van der Waals surface area contributed by atoms with Crippen LogP contribution in [0.2, 0.25) is 5.02 Å². The molecule has 2 aromatic rings. The van der Waals surface area contributed by atoms with Gasteiger partial charge in [-0.25, -0.2) is 0 Å². The van der Waals surface area contributed by atoms with Crippen molar-refractivity contribution in [3.63, 3.8) is 0 Å². The summed E-state index contributed by atoms with van der Waals surface area (Å²) in [5, 5.41) is 8.67. The second kappa shape index (κ2) is 5.44. The number of aryl methyl sites for hydroxylation is 1. The smallest absolute Gasteiger partial charge is 0.244 e. The monoisotopic (exact) mass is 281 g/mol. The van der Waals surface area contributed by atoms with E-state index in [1.807, 2.05) is 14.0 Å². The van der Waals surface area contributed by atoms with Crippen LogP contribution >= 0.6 is 11.6 Å². The van der Waals surface area contributed by atoms with Gasteiger partial charge in [-0.05, 0) is 6.92 Å². The molecule has 2 aromatic heterocycles. The number of aromatic nitrogens is 4. The van der Waals surface area contributed by atoms with Crippen LogP contribution in [0, 0.1) is 6.92 Å². The van der Waals surface area contributed by atoms with Crippen molar-refractivity contribution in [1.82, 2.24) is 24.5 Å². The van der Waals surface area contributed by atoms with Gasteiger partial charge >= 0.3 is 0 Å². The highest BCUT2D eigenvalue weighted by atomic mass is 35.5. The van der Waals surface area contributed by atoms with E-state index in [-0.39, 0.29) is 12.5 Å². The molecule has 0 aliphatic carbocycles. The third-order valence-corrected chi connectivity index (χ3v) is 3.26. The Bertz CT molecular complexity index is 589. The Morgan fingerprint density at radius 3 is 2.68 bits per heavy atom. The van der Waals surface area contributed by atoms with Crippen LogP contribution in [0.3, 0.4) is 0 Å². The highest BCUT2D eigenvalue weighted by Gasteiger charge is 2.13. The van der Waals surface area contributed by atoms with Gasteiger partial charge in [0, 0.05) is 38.1 Å². The largest absolute Gasteiger partial charge is 0.340 e. The molecule has 0 aromatic carbocycles. The number of hydrogen-bond acceptors (Lipinski definition) is 3. The fourth-order valence-corrected chi connectivity index (χ4v) is 1.88. The van der Waals surface area contributed by atoms with Gasteiger partial charge in [-0.3, -0.25) is 14.2 Å². The first kappa shape index (κ1) is 13.6. The van der Waals surface area contributed by atoms with E-state index in [9.17, 15) is 4.79 Å².